The molecule has 1 unspecified atom stereocenters. The van der Waals surface area contributed by atoms with E-state index in [1.807, 2.05) is 0 Å². The number of nitrogens with zero attached hydrogens (tertiary/aromatic N) is 2. The van der Waals surface area contributed by atoms with Crippen molar-refractivity contribution in [2.75, 3.05) is 25.6 Å². The van der Waals surface area contributed by atoms with Crippen molar-refractivity contribution in [3.8, 4) is 0 Å². The number of carbonyl (C=O) groups is 1. The molecule has 1 amide bonds. The number of sulfonamides is 1. The number of hydrogen-bond donors (Lipinski definition) is 3. The van der Waals surface area contributed by atoms with Crippen LogP contribution in [0.15, 0.2) is 4.34 Å². The first-order chi connectivity index (χ1) is 9.35. The highest BCUT2D eigenvalue weighted by molar-refractivity contribution is 7.91. The number of aromatic nitrogens is 2. The number of anilines is 1. The van der Waals surface area contributed by atoms with Crippen LogP contribution in [-0.4, -0.2) is 56.0 Å². The molecule has 0 aliphatic heterocycles. The second-order valence-corrected chi connectivity index (χ2v) is 6.77. The van der Waals surface area contributed by atoms with Crippen LogP contribution in [0, 0.1) is 0 Å². The molecule has 1 atom stereocenters. The summed E-state index contributed by atoms with van der Waals surface area (Å²) in [6.07, 6.45) is -0.531. The molecular formula is C9H16N4O5S2. The van der Waals surface area contributed by atoms with E-state index in [4.69, 9.17) is 4.74 Å². The Balaban J connectivity index is 2.56. The first kappa shape index (κ1) is 16.9. The smallest absolute Gasteiger partial charge is 0.269 e. The molecule has 0 saturated heterocycles. The van der Waals surface area contributed by atoms with Crippen LogP contribution < -0.4 is 10.0 Å². The van der Waals surface area contributed by atoms with E-state index in [9.17, 15) is 18.3 Å². The average Bonchev–Trinajstić information content (AvgIpc) is 2.77. The summed E-state index contributed by atoms with van der Waals surface area (Å²) in [5, 5.41) is 18.9. The van der Waals surface area contributed by atoms with Crippen molar-refractivity contribution < 1.29 is 23.1 Å². The zero-order chi connectivity index (χ0) is 15.2. The van der Waals surface area contributed by atoms with Crippen molar-refractivity contribution in [1.82, 2.24) is 14.9 Å². The van der Waals surface area contributed by atoms with E-state index in [0.717, 1.165) is 11.3 Å². The van der Waals surface area contributed by atoms with Crippen molar-refractivity contribution >= 4 is 32.4 Å². The fourth-order valence-electron chi connectivity index (χ4n) is 1.22. The molecule has 114 valence electrons. The Kier molecular flexibility index (Phi) is 6.42. The molecule has 1 heterocycles. The van der Waals surface area contributed by atoms with E-state index in [2.05, 4.69) is 20.2 Å². The lowest BCUT2D eigenvalue weighted by Crippen LogP contribution is -2.28. The second kappa shape index (κ2) is 7.59. The molecule has 0 fully saturated rings. The topological polar surface area (TPSA) is 131 Å². The number of rotatable bonds is 8. The molecule has 0 bridgehead atoms. The van der Waals surface area contributed by atoms with Crippen LogP contribution in [0.3, 0.4) is 0 Å². The summed E-state index contributed by atoms with van der Waals surface area (Å²) >= 11 is 0.745. The standard InChI is InChI=1S/C9H16N4O5S2/c1-6(14)11-8-12-13-9(19-8)20(16,17)10-4-3-7(15)5-18-2/h7,10,15H,3-5H2,1-2H3,(H,11,12,14). The van der Waals surface area contributed by atoms with E-state index in [0.29, 0.717) is 0 Å². The molecule has 0 aromatic carbocycles. The SMILES string of the molecule is COCC(O)CCNS(=O)(=O)c1nnc(NC(C)=O)s1. The number of ether oxygens (including phenoxy) is 1. The molecule has 0 spiro atoms. The van der Waals surface area contributed by atoms with Gasteiger partial charge < -0.3 is 15.2 Å². The molecule has 1 rings (SSSR count). The predicted octanol–water partition coefficient (Wildman–Crippen LogP) is -0.828. The predicted molar refractivity (Wildman–Crippen MR) is 71.9 cm³/mol. The zero-order valence-electron chi connectivity index (χ0n) is 11.0. The normalized spacial score (nSPS) is 13.2. The molecule has 1 aromatic heterocycles. The van der Waals surface area contributed by atoms with E-state index in [1.54, 1.807) is 0 Å². The molecular weight excluding hydrogens is 308 g/mol. The number of hydrogen-bond acceptors (Lipinski definition) is 8. The van der Waals surface area contributed by atoms with Crippen LogP contribution in [0.1, 0.15) is 13.3 Å². The highest BCUT2D eigenvalue weighted by Gasteiger charge is 2.20. The van der Waals surface area contributed by atoms with Crippen LogP contribution in [0.5, 0.6) is 0 Å². The summed E-state index contributed by atoms with van der Waals surface area (Å²) < 4.78 is 30.4. The summed E-state index contributed by atoms with van der Waals surface area (Å²) in [5.74, 6) is -0.360. The highest BCUT2D eigenvalue weighted by atomic mass is 32.2. The highest BCUT2D eigenvalue weighted by Crippen LogP contribution is 2.19. The second-order valence-electron chi connectivity index (χ2n) is 3.85. The maximum Gasteiger partial charge on any atom is 0.269 e. The van der Waals surface area contributed by atoms with Gasteiger partial charge in [-0.25, -0.2) is 13.1 Å². The van der Waals surface area contributed by atoms with Gasteiger partial charge in [-0.15, -0.1) is 10.2 Å². The third-order valence-electron chi connectivity index (χ3n) is 2.05. The minimum atomic E-state index is -3.79. The van der Waals surface area contributed by atoms with Gasteiger partial charge in [-0.05, 0) is 6.42 Å². The zero-order valence-corrected chi connectivity index (χ0v) is 12.6. The molecule has 0 radical (unpaired) electrons. The molecule has 3 N–H and O–H groups in total. The molecule has 0 saturated carbocycles. The van der Waals surface area contributed by atoms with Gasteiger partial charge in [0.1, 0.15) is 0 Å². The Labute approximate surface area is 120 Å². The van der Waals surface area contributed by atoms with E-state index in [-0.39, 0.29) is 35.0 Å². The molecule has 0 aliphatic carbocycles. The quantitative estimate of drug-likeness (QED) is 0.532. The fourth-order valence-corrected chi connectivity index (χ4v) is 3.25. The first-order valence-corrected chi connectivity index (χ1v) is 7.93. The van der Waals surface area contributed by atoms with Gasteiger partial charge in [-0.2, -0.15) is 0 Å². The minimum Gasteiger partial charge on any atom is -0.391 e. The molecule has 20 heavy (non-hydrogen) atoms. The van der Waals surface area contributed by atoms with Crippen LogP contribution in [0.4, 0.5) is 5.13 Å². The first-order valence-electron chi connectivity index (χ1n) is 5.63. The maximum absolute atomic E-state index is 11.8. The Morgan fingerprint density at radius 1 is 1.50 bits per heavy atom. The Bertz CT molecular complexity index is 544. The van der Waals surface area contributed by atoms with Gasteiger partial charge in [0.25, 0.3) is 10.0 Å². The number of nitrogens with one attached hydrogen (secondary N) is 2. The number of carbonyl (C=O) groups excluding carboxylic acids is 1. The van der Waals surface area contributed by atoms with E-state index >= 15 is 0 Å². The van der Waals surface area contributed by atoms with Gasteiger partial charge in [-0.1, -0.05) is 11.3 Å². The summed E-state index contributed by atoms with van der Waals surface area (Å²) in [5.41, 5.74) is 0. The lowest BCUT2D eigenvalue weighted by molar-refractivity contribution is -0.114. The third kappa shape index (κ3) is 5.46. The van der Waals surface area contributed by atoms with Crippen LogP contribution >= 0.6 is 11.3 Å². The average molecular weight is 324 g/mol. The molecule has 9 nitrogen and oxygen atoms in total. The van der Waals surface area contributed by atoms with Gasteiger partial charge in [-0.3, -0.25) is 4.79 Å². The van der Waals surface area contributed by atoms with Gasteiger partial charge in [0.05, 0.1) is 12.7 Å². The third-order valence-corrected chi connectivity index (χ3v) is 4.72. The van der Waals surface area contributed by atoms with Crippen LogP contribution in [0.25, 0.3) is 0 Å². The molecule has 11 heteroatoms. The lowest BCUT2D eigenvalue weighted by atomic mass is 10.3. The van der Waals surface area contributed by atoms with Gasteiger partial charge in [0.15, 0.2) is 0 Å². The monoisotopic (exact) mass is 324 g/mol. The fraction of sp³-hybridized carbons (Fsp3) is 0.667. The largest absolute Gasteiger partial charge is 0.391 e. The number of aliphatic hydroxyl groups is 1. The molecule has 0 aliphatic rings. The minimum absolute atomic E-state index is 0.0436. The van der Waals surface area contributed by atoms with Crippen molar-refractivity contribution in [2.24, 2.45) is 0 Å². The van der Waals surface area contributed by atoms with Gasteiger partial charge in [0, 0.05) is 20.6 Å². The van der Waals surface area contributed by atoms with E-state index in [1.165, 1.54) is 14.0 Å². The number of amides is 1. The van der Waals surface area contributed by atoms with Crippen molar-refractivity contribution in [2.45, 2.75) is 23.8 Å². The van der Waals surface area contributed by atoms with Gasteiger partial charge in [0.2, 0.25) is 15.4 Å². The van der Waals surface area contributed by atoms with Crippen LogP contribution in [0.2, 0.25) is 0 Å². The Morgan fingerprint density at radius 3 is 2.80 bits per heavy atom. The maximum atomic E-state index is 11.8. The van der Waals surface area contributed by atoms with E-state index < -0.39 is 16.1 Å². The molecule has 1 aromatic rings. The number of methoxy groups -OCH3 is 1. The Hall–Kier alpha value is -1.14. The summed E-state index contributed by atoms with van der Waals surface area (Å²) in [6, 6.07) is 0. The van der Waals surface area contributed by atoms with Crippen molar-refractivity contribution in [3.63, 3.8) is 0 Å². The summed E-state index contributed by atoms with van der Waals surface area (Å²) in [4.78, 5) is 10.8. The van der Waals surface area contributed by atoms with Crippen molar-refractivity contribution in [3.05, 3.63) is 0 Å². The number of aliphatic hydroxyl groups excluding tert-OH is 1. The summed E-state index contributed by atoms with van der Waals surface area (Å²) in [7, 11) is -2.35. The Morgan fingerprint density at radius 2 is 2.20 bits per heavy atom. The summed E-state index contributed by atoms with van der Waals surface area (Å²) in [6.45, 7) is 1.46. The van der Waals surface area contributed by atoms with Gasteiger partial charge >= 0.3 is 0 Å². The van der Waals surface area contributed by atoms with Crippen molar-refractivity contribution in [1.29, 1.82) is 0 Å². The van der Waals surface area contributed by atoms with Crippen LogP contribution in [-0.2, 0) is 19.6 Å². The lowest BCUT2D eigenvalue weighted by Gasteiger charge is -2.09.